The van der Waals surface area contributed by atoms with E-state index in [4.69, 9.17) is 16.6 Å². The third kappa shape index (κ3) is 3.36. The quantitative estimate of drug-likeness (QED) is 0.522. The van der Waals surface area contributed by atoms with Crippen LogP contribution >= 0.6 is 11.6 Å². The van der Waals surface area contributed by atoms with E-state index in [0.717, 1.165) is 59.8 Å². The van der Waals surface area contributed by atoms with Crippen LogP contribution in [0.5, 0.6) is 0 Å². The number of halogens is 1. The molecule has 0 radical (unpaired) electrons. The highest BCUT2D eigenvalue weighted by atomic mass is 35.5. The molecule has 5 heterocycles. The van der Waals surface area contributed by atoms with Crippen molar-refractivity contribution in [1.29, 1.82) is 0 Å². The molecule has 0 bridgehead atoms. The van der Waals surface area contributed by atoms with Crippen molar-refractivity contribution in [2.75, 3.05) is 38.1 Å². The Morgan fingerprint density at radius 1 is 0.862 bits per heavy atom. The monoisotopic (exact) mass is 407 g/mol. The van der Waals surface area contributed by atoms with Crippen molar-refractivity contribution < 1.29 is 0 Å². The molecule has 1 fully saturated rings. The van der Waals surface area contributed by atoms with Gasteiger partial charge in [0.2, 0.25) is 0 Å². The molecule has 7 nitrogen and oxygen atoms in total. The molecular weight excluding hydrogens is 386 g/mol. The molecule has 0 saturated carbocycles. The molecule has 1 aliphatic heterocycles. The van der Waals surface area contributed by atoms with Crippen LogP contribution in [0.1, 0.15) is 0 Å². The van der Waals surface area contributed by atoms with E-state index in [-0.39, 0.29) is 0 Å². The fraction of sp³-hybridized carbons (Fsp3) is 0.286. The fourth-order valence-corrected chi connectivity index (χ4v) is 4.03. The second-order valence-corrected chi connectivity index (χ2v) is 7.93. The number of aromatic nitrogens is 5. The fourth-order valence-electron chi connectivity index (χ4n) is 3.80. The van der Waals surface area contributed by atoms with Gasteiger partial charge in [0.05, 0.1) is 22.9 Å². The Kier molecular flexibility index (Phi) is 4.49. The molecule has 0 spiro atoms. The molecular formula is C21H22ClN7. The van der Waals surface area contributed by atoms with Gasteiger partial charge in [0, 0.05) is 74.1 Å². The molecule has 0 unspecified atom stereocenters. The van der Waals surface area contributed by atoms with E-state index in [1.54, 1.807) is 10.9 Å². The summed E-state index contributed by atoms with van der Waals surface area (Å²) in [4.78, 5) is 9.42. The van der Waals surface area contributed by atoms with Crippen molar-refractivity contribution in [3.05, 3.63) is 54.2 Å². The van der Waals surface area contributed by atoms with Gasteiger partial charge in [0.1, 0.15) is 5.82 Å². The zero-order valence-electron chi connectivity index (χ0n) is 16.5. The topological polar surface area (TPSA) is 54.5 Å². The van der Waals surface area contributed by atoms with Gasteiger partial charge in [0.25, 0.3) is 0 Å². The number of rotatable bonds is 3. The highest BCUT2D eigenvalue weighted by Crippen LogP contribution is 2.34. The maximum Gasteiger partial charge on any atom is 0.128 e. The lowest BCUT2D eigenvalue weighted by Gasteiger charge is -2.33. The Morgan fingerprint density at radius 3 is 2.38 bits per heavy atom. The van der Waals surface area contributed by atoms with Crippen molar-refractivity contribution >= 4 is 22.9 Å². The molecule has 29 heavy (non-hydrogen) atoms. The van der Waals surface area contributed by atoms with Gasteiger partial charge >= 0.3 is 0 Å². The number of pyridine rings is 2. The summed E-state index contributed by atoms with van der Waals surface area (Å²) < 4.78 is 3.62. The van der Waals surface area contributed by atoms with Crippen LogP contribution in [-0.4, -0.2) is 62.5 Å². The first-order chi connectivity index (χ1) is 14.1. The smallest absolute Gasteiger partial charge is 0.128 e. The van der Waals surface area contributed by atoms with Crippen molar-refractivity contribution in [2.45, 2.75) is 0 Å². The van der Waals surface area contributed by atoms with E-state index in [2.05, 4.69) is 45.2 Å². The number of likely N-dealkylation sites (N-methyl/N-ethyl adjacent to an activating group) is 1. The molecule has 0 aliphatic carbocycles. The third-order valence-corrected chi connectivity index (χ3v) is 5.77. The molecule has 0 N–H and O–H groups in total. The molecule has 0 amide bonds. The summed E-state index contributed by atoms with van der Waals surface area (Å²) in [5.74, 6) is 1.01. The first-order valence-corrected chi connectivity index (χ1v) is 10.0. The number of nitrogens with zero attached hydrogens (tertiary/aromatic N) is 7. The highest BCUT2D eigenvalue weighted by molar-refractivity contribution is 6.34. The molecule has 148 valence electrons. The average molecular weight is 408 g/mol. The largest absolute Gasteiger partial charge is 0.354 e. The van der Waals surface area contributed by atoms with Crippen molar-refractivity contribution in [1.82, 2.24) is 29.3 Å². The van der Waals surface area contributed by atoms with Crippen LogP contribution < -0.4 is 4.90 Å². The molecule has 0 aromatic carbocycles. The second kappa shape index (κ2) is 7.17. The Bertz CT molecular complexity index is 1150. The minimum atomic E-state index is 0.626. The van der Waals surface area contributed by atoms with Gasteiger partial charge in [-0.3, -0.25) is 4.68 Å². The minimum absolute atomic E-state index is 0.626. The van der Waals surface area contributed by atoms with E-state index in [9.17, 15) is 0 Å². The first kappa shape index (κ1) is 18.1. The second-order valence-electron chi connectivity index (χ2n) is 7.53. The number of fused-ring (bicyclic) bond motifs is 1. The van der Waals surface area contributed by atoms with Gasteiger partial charge in [0.15, 0.2) is 0 Å². The Balaban J connectivity index is 1.56. The first-order valence-electron chi connectivity index (χ1n) is 9.64. The Hall–Kier alpha value is -2.90. The average Bonchev–Trinajstić information content (AvgIpc) is 3.34. The maximum absolute atomic E-state index is 6.46. The van der Waals surface area contributed by atoms with Gasteiger partial charge in [-0.25, -0.2) is 9.50 Å². The van der Waals surface area contributed by atoms with Crippen LogP contribution in [0.3, 0.4) is 0 Å². The maximum atomic E-state index is 6.46. The van der Waals surface area contributed by atoms with Crippen molar-refractivity contribution in [3.63, 3.8) is 0 Å². The van der Waals surface area contributed by atoms with E-state index in [0.29, 0.717) is 5.02 Å². The lowest BCUT2D eigenvalue weighted by Crippen LogP contribution is -2.44. The number of anilines is 1. The lowest BCUT2D eigenvalue weighted by molar-refractivity contribution is 0.312. The molecule has 0 atom stereocenters. The molecule has 4 aromatic heterocycles. The summed E-state index contributed by atoms with van der Waals surface area (Å²) in [5.41, 5.74) is 4.97. The predicted molar refractivity (Wildman–Crippen MR) is 115 cm³/mol. The summed E-state index contributed by atoms with van der Waals surface area (Å²) in [6.07, 6.45) is 9.43. The summed E-state index contributed by atoms with van der Waals surface area (Å²) in [5, 5.41) is 9.33. The highest BCUT2D eigenvalue weighted by Gasteiger charge is 2.17. The minimum Gasteiger partial charge on any atom is -0.354 e. The molecule has 1 aliphatic rings. The molecule has 4 aromatic rings. The van der Waals surface area contributed by atoms with Gasteiger partial charge in [-0.1, -0.05) is 11.6 Å². The van der Waals surface area contributed by atoms with Crippen molar-refractivity contribution in [3.8, 4) is 22.3 Å². The number of aryl methyl sites for hydroxylation is 1. The Morgan fingerprint density at radius 2 is 1.69 bits per heavy atom. The SMILES string of the molecule is CN1CCN(c2ccc(-c3cc(-c4cnn(C)c4)cn4ncc(Cl)c34)cn2)CC1. The van der Waals surface area contributed by atoms with Crippen LogP contribution in [0, 0.1) is 0 Å². The van der Waals surface area contributed by atoms with Crippen LogP contribution in [0.15, 0.2) is 49.2 Å². The van der Waals surface area contributed by atoms with E-state index >= 15 is 0 Å². The van der Waals surface area contributed by atoms with Crippen LogP contribution in [-0.2, 0) is 7.05 Å². The van der Waals surface area contributed by atoms with Gasteiger partial charge in [-0.05, 0) is 25.2 Å². The summed E-state index contributed by atoms with van der Waals surface area (Å²) in [6, 6.07) is 6.34. The molecule has 5 rings (SSSR count). The van der Waals surface area contributed by atoms with Crippen LogP contribution in [0.4, 0.5) is 5.82 Å². The van der Waals surface area contributed by atoms with Gasteiger partial charge in [-0.2, -0.15) is 10.2 Å². The van der Waals surface area contributed by atoms with Gasteiger partial charge < -0.3 is 9.80 Å². The lowest BCUT2D eigenvalue weighted by atomic mass is 10.0. The summed E-state index contributed by atoms with van der Waals surface area (Å²) >= 11 is 6.46. The normalized spacial score (nSPS) is 15.3. The number of hydrogen-bond acceptors (Lipinski definition) is 5. The van der Waals surface area contributed by atoms with Crippen LogP contribution in [0.2, 0.25) is 5.02 Å². The zero-order chi connectivity index (χ0) is 20.0. The van der Waals surface area contributed by atoms with E-state index < -0.39 is 0 Å². The summed E-state index contributed by atoms with van der Waals surface area (Å²) in [7, 11) is 4.07. The third-order valence-electron chi connectivity index (χ3n) is 5.49. The van der Waals surface area contributed by atoms with Gasteiger partial charge in [-0.15, -0.1) is 0 Å². The van der Waals surface area contributed by atoms with Crippen molar-refractivity contribution in [2.24, 2.45) is 7.05 Å². The summed E-state index contributed by atoms with van der Waals surface area (Å²) in [6.45, 7) is 4.11. The predicted octanol–water partition coefficient (Wildman–Crippen LogP) is 3.20. The zero-order valence-corrected chi connectivity index (χ0v) is 17.2. The van der Waals surface area contributed by atoms with Crippen LogP contribution in [0.25, 0.3) is 27.8 Å². The number of piperazine rings is 1. The Labute approximate surface area is 174 Å². The standard InChI is InChI=1S/C21H22ClN7/c1-26-5-7-28(8-6-26)20-4-3-15(10-23-20)18-9-16(17-11-24-27(2)13-17)14-29-21(18)19(22)12-25-29/h3-4,9-14H,5-8H2,1-2H3. The van der Waals surface area contributed by atoms with E-state index in [1.807, 2.05) is 36.4 Å². The molecule has 1 saturated heterocycles. The number of hydrogen-bond donors (Lipinski definition) is 0. The van der Waals surface area contributed by atoms with E-state index in [1.165, 1.54) is 0 Å². The molecule has 8 heteroatoms.